The molecule has 2 saturated heterocycles. The van der Waals surface area contributed by atoms with Crippen LogP contribution in [0, 0.1) is 0 Å². The summed E-state index contributed by atoms with van der Waals surface area (Å²) < 4.78 is 16.8. The molecule has 30 heavy (non-hydrogen) atoms. The van der Waals surface area contributed by atoms with Gasteiger partial charge in [0.25, 0.3) is 0 Å². The fraction of sp³-hybridized carbons (Fsp3) is 0.650. The highest BCUT2D eigenvalue weighted by atomic mass is 16.7. The van der Waals surface area contributed by atoms with Gasteiger partial charge in [-0.25, -0.2) is 0 Å². The number of hydrogen-bond acceptors (Lipinski definition) is 9. The number of amides is 1. The highest BCUT2D eigenvalue weighted by molar-refractivity contribution is 5.83. The second kappa shape index (κ2) is 10.5. The largest absolute Gasteiger partial charge is 0.465 e. The summed E-state index contributed by atoms with van der Waals surface area (Å²) in [6.45, 7) is -0.432. The van der Waals surface area contributed by atoms with E-state index in [0.29, 0.717) is 30.6 Å². The number of aliphatic hydroxyl groups is 4. The van der Waals surface area contributed by atoms with Crippen molar-refractivity contribution in [3.8, 4) is 5.75 Å². The van der Waals surface area contributed by atoms with Crippen LogP contribution in [0.3, 0.4) is 0 Å². The molecule has 3 rings (SSSR count). The van der Waals surface area contributed by atoms with Gasteiger partial charge in [-0.05, 0) is 17.7 Å². The van der Waals surface area contributed by atoms with Crippen LogP contribution in [-0.4, -0.2) is 76.5 Å². The third kappa shape index (κ3) is 6.11. The fourth-order valence-electron chi connectivity index (χ4n) is 3.65. The van der Waals surface area contributed by atoms with E-state index in [1.807, 2.05) is 0 Å². The number of nitrogens with two attached hydrogens (primary N) is 1. The number of benzene rings is 1. The first-order valence-corrected chi connectivity index (χ1v) is 10.1. The minimum atomic E-state index is -0.958. The lowest BCUT2D eigenvalue weighted by molar-refractivity contribution is -0.184. The van der Waals surface area contributed by atoms with E-state index in [0.717, 1.165) is 0 Å². The standard InChI is InChI=1S/C20H30N2O8/c21-19(20(27)22-17-7-12(25)5-15(9-23)28-17)11-1-3-14(4-2-11)29-18-8-13(26)6-16(10-24)30-18/h1-4,12-13,15-19,23-26H,5-10,21H2,(H,22,27)/t12-,13-,15?,16?,17?,18+,19?/m0/s1. The maximum Gasteiger partial charge on any atom is 0.243 e. The highest BCUT2D eigenvalue weighted by Gasteiger charge is 2.31. The number of carbonyl (C=O) groups excluding carboxylic acids is 1. The molecule has 0 radical (unpaired) electrons. The topological polar surface area (TPSA) is 164 Å². The fourth-order valence-corrected chi connectivity index (χ4v) is 3.65. The Morgan fingerprint density at radius 2 is 1.63 bits per heavy atom. The summed E-state index contributed by atoms with van der Waals surface area (Å²) >= 11 is 0. The molecule has 2 aliphatic rings. The van der Waals surface area contributed by atoms with Gasteiger partial charge in [-0.3, -0.25) is 4.79 Å². The molecule has 2 fully saturated rings. The normalized spacial score (nSPS) is 33.0. The van der Waals surface area contributed by atoms with Crippen LogP contribution in [0.5, 0.6) is 5.75 Å². The lowest BCUT2D eigenvalue weighted by atomic mass is 10.0. The van der Waals surface area contributed by atoms with Crippen molar-refractivity contribution in [3.63, 3.8) is 0 Å². The van der Waals surface area contributed by atoms with Gasteiger partial charge in [0.05, 0.1) is 37.6 Å². The number of hydrogen-bond donors (Lipinski definition) is 6. The van der Waals surface area contributed by atoms with E-state index in [1.54, 1.807) is 24.3 Å². The van der Waals surface area contributed by atoms with Gasteiger partial charge in [0.15, 0.2) is 0 Å². The Morgan fingerprint density at radius 1 is 1.03 bits per heavy atom. The quantitative estimate of drug-likeness (QED) is 0.317. The average Bonchev–Trinajstić information content (AvgIpc) is 2.72. The van der Waals surface area contributed by atoms with Gasteiger partial charge < -0.3 is 45.7 Å². The summed E-state index contributed by atoms with van der Waals surface area (Å²) in [6, 6.07) is 5.62. The highest BCUT2D eigenvalue weighted by Crippen LogP contribution is 2.25. The van der Waals surface area contributed by atoms with Crippen molar-refractivity contribution in [2.75, 3.05) is 13.2 Å². The smallest absolute Gasteiger partial charge is 0.243 e. The summed E-state index contributed by atoms with van der Waals surface area (Å²) in [5.74, 6) is 0.00986. The zero-order valence-electron chi connectivity index (χ0n) is 16.6. The Bertz CT molecular complexity index is 688. The molecule has 1 amide bonds. The summed E-state index contributed by atoms with van der Waals surface area (Å²) in [5.41, 5.74) is 6.59. The van der Waals surface area contributed by atoms with E-state index in [4.69, 9.17) is 19.9 Å². The molecule has 1 aromatic rings. The maximum atomic E-state index is 12.5. The van der Waals surface area contributed by atoms with Gasteiger partial charge in [0, 0.05) is 25.7 Å². The van der Waals surface area contributed by atoms with Crippen LogP contribution < -0.4 is 15.8 Å². The first-order chi connectivity index (χ1) is 14.4. The third-order valence-electron chi connectivity index (χ3n) is 5.22. The van der Waals surface area contributed by atoms with Crippen molar-refractivity contribution in [3.05, 3.63) is 29.8 Å². The lowest BCUT2D eigenvalue weighted by Crippen LogP contribution is -2.49. The number of nitrogens with one attached hydrogen (secondary N) is 1. The Morgan fingerprint density at radius 3 is 2.27 bits per heavy atom. The van der Waals surface area contributed by atoms with Crippen molar-refractivity contribution in [2.45, 2.75) is 68.7 Å². The van der Waals surface area contributed by atoms with E-state index in [9.17, 15) is 25.2 Å². The number of carbonyl (C=O) groups is 1. The average molecular weight is 426 g/mol. The molecule has 4 unspecified atom stereocenters. The first-order valence-electron chi connectivity index (χ1n) is 10.1. The molecule has 7 atom stereocenters. The first kappa shape index (κ1) is 22.9. The molecule has 7 N–H and O–H groups in total. The predicted molar refractivity (Wildman–Crippen MR) is 104 cm³/mol. The van der Waals surface area contributed by atoms with Crippen LogP contribution in [-0.2, 0) is 14.3 Å². The van der Waals surface area contributed by atoms with E-state index < -0.39 is 48.9 Å². The van der Waals surface area contributed by atoms with Crippen molar-refractivity contribution in [2.24, 2.45) is 5.73 Å². The van der Waals surface area contributed by atoms with Crippen molar-refractivity contribution >= 4 is 5.91 Å². The van der Waals surface area contributed by atoms with Crippen molar-refractivity contribution in [1.82, 2.24) is 5.32 Å². The molecule has 0 aliphatic carbocycles. The van der Waals surface area contributed by atoms with Crippen LogP contribution in [0.2, 0.25) is 0 Å². The van der Waals surface area contributed by atoms with Crippen molar-refractivity contribution in [1.29, 1.82) is 0 Å². The Kier molecular flexibility index (Phi) is 8.00. The van der Waals surface area contributed by atoms with Gasteiger partial charge >= 0.3 is 0 Å². The molecular weight excluding hydrogens is 396 g/mol. The van der Waals surface area contributed by atoms with Gasteiger partial charge in [-0.1, -0.05) is 12.1 Å². The van der Waals surface area contributed by atoms with Gasteiger partial charge in [0.2, 0.25) is 12.2 Å². The molecule has 0 saturated carbocycles. The van der Waals surface area contributed by atoms with Gasteiger partial charge in [-0.2, -0.15) is 0 Å². The number of aliphatic hydroxyl groups excluding tert-OH is 4. The summed E-state index contributed by atoms with van der Waals surface area (Å²) in [6.07, 6.45) is -2.48. The van der Waals surface area contributed by atoms with Crippen LogP contribution >= 0.6 is 0 Å². The molecular formula is C20H30N2O8. The molecule has 0 aromatic heterocycles. The van der Waals surface area contributed by atoms with Gasteiger partial charge in [-0.15, -0.1) is 0 Å². The Balaban J connectivity index is 1.54. The summed E-state index contributed by atoms with van der Waals surface area (Å²) in [7, 11) is 0. The monoisotopic (exact) mass is 426 g/mol. The van der Waals surface area contributed by atoms with E-state index in [2.05, 4.69) is 5.32 Å². The molecule has 168 valence electrons. The lowest BCUT2D eigenvalue weighted by Gasteiger charge is -2.33. The van der Waals surface area contributed by atoms with E-state index >= 15 is 0 Å². The van der Waals surface area contributed by atoms with E-state index in [-0.39, 0.29) is 19.6 Å². The second-order valence-electron chi connectivity index (χ2n) is 7.72. The maximum absolute atomic E-state index is 12.5. The Hall–Kier alpha value is -1.79. The second-order valence-corrected chi connectivity index (χ2v) is 7.72. The minimum absolute atomic E-state index is 0.194. The summed E-state index contributed by atoms with van der Waals surface area (Å²) in [4.78, 5) is 12.5. The van der Waals surface area contributed by atoms with Crippen LogP contribution in [0.15, 0.2) is 24.3 Å². The zero-order chi connectivity index (χ0) is 21.7. The van der Waals surface area contributed by atoms with E-state index in [1.165, 1.54) is 0 Å². The third-order valence-corrected chi connectivity index (χ3v) is 5.22. The van der Waals surface area contributed by atoms with Gasteiger partial charge in [0.1, 0.15) is 18.0 Å². The van der Waals surface area contributed by atoms with Crippen LogP contribution in [0.25, 0.3) is 0 Å². The van der Waals surface area contributed by atoms with Crippen molar-refractivity contribution < 1.29 is 39.4 Å². The summed E-state index contributed by atoms with van der Waals surface area (Å²) in [5, 5.41) is 40.8. The molecule has 2 aliphatic heterocycles. The predicted octanol–water partition coefficient (Wildman–Crippen LogP) is -1.10. The molecule has 10 nitrogen and oxygen atoms in total. The molecule has 10 heteroatoms. The minimum Gasteiger partial charge on any atom is -0.465 e. The molecule has 0 spiro atoms. The molecule has 2 heterocycles. The SMILES string of the molecule is NC(C(=O)NC1C[C@@H](O)CC(CO)O1)c1ccc(O[C@H]2C[C@@H](O)CC(CO)O2)cc1. The zero-order valence-corrected chi connectivity index (χ0v) is 16.6. The molecule has 1 aromatic carbocycles. The number of rotatable bonds is 7. The Labute approximate surface area is 174 Å². The molecule has 0 bridgehead atoms. The van der Waals surface area contributed by atoms with Crippen LogP contribution in [0.1, 0.15) is 37.3 Å². The number of ether oxygens (including phenoxy) is 3. The van der Waals surface area contributed by atoms with Crippen LogP contribution in [0.4, 0.5) is 0 Å².